The highest BCUT2D eigenvalue weighted by Crippen LogP contribution is 2.34. The van der Waals surface area contributed by atoms with Gasteiger partial charge < -0.3 is 10.1 Å². The predicted octanol–water partition coefficient (Wildman–Crippen LogP) is 4.11. The highest BCUT2D eigenvalue weighted by Gasteiger charge is 2.35. The summed E-state index contributed by atoms with van der Waals surface area (Å²) in [4.78, 5) is 3.85. The second-order valence-electron chi connectivity index (χ2n) is 5.89. The molecule has 2 rings (SSSR count). The zero-order valence-corrected chi connectivity index (χ0v) is 12.3. The lowest BCUT2D eigenvalue weighted by atomic mass is 9.96. The van der Waals surface area contributed by atoms with Gasteiger partial charge in [-0.1, -0.05) is 13.8 Å². The van der Waals surface area contributed by atoms with E-state index in [1.807, 2.05) is 0 Å². The predicted molar refractivity (Wildman–Crippen MR) is 75.1 cm³/mol. The molecular weight excluding hydrogens is 281 g/mol. The van der Waals surface area contributed by atoms with Gasteiger partial charge in [0.25, 0.3) is 0 Å². The first-order valence-corrected chi connectivity index (χ1v) is 7.26. The quantitative estimate of drug-likeness (QED) is 0.909. The number of anilines is 1. The van der Waals surface area contributed by atoms with Crippen LogP contribution in [-0.2, 0) is 10.9 Å². The zero-order chi connectivity index (χ0) is 15.5. The molecule has 1 aliphatic rings. The van der Waals surface area contributed by atoms with Gasteiger partial charge in [0, 0.05) is 18.8 Å². The van der Waals surface area contributed by atoms with Gasteiger partial charge in [-0.3, -0.25) is 0 Å². The lowest BCUT2D eigenvalue weighted by molar-refractivity contribution is -0.137. The van der Waals surface area contributed by atoms with Crippen molar-refractivity contribution in [2.45, 2.75) is 51.4 Å². The Morgan fingerprint density at radius 3 is 2.86 bits per heavy atom. The van der Waals surface area contributed by atoms with Gasteiger partial charge in [-0.2, -0.15) is 13.2 Å². The number of rotatable bonds is 4. The van der Waals surface area contributed by atoms with Gasteiger partial charge in [0.1, 0.15) is 5.82 Å². The number of hydrogen-bond donors (Lipinski definition) is 1. The molecule has 1 saturated heterocycles. The molecule has 0 radical (unpaired) electrons. The third kappa shape index (κ3) is 4.59. The maximum atomic E-state index is 12.9. The van der Waals surface area contributed by atoms with Gasteiger partial charge in [-0.15, -0.1) is 0 Å². The Hall–Kier alpha value is -1.30. The van der Waals surface area contributed by atoms with E-state index in [9.17, 15) is 13.2 Å². The fourth-order valence-electron chi connectivity index (χ4n) is 2.64. The third-order valence-electron chi connectivity index (χ3n) is 3.56. The minimum atomic E-state index is -4.39. The van der Waals surface area contributed by atoms with Crippen LogP contribution >= 0.6 is 0 Å². The van der Waals surface area contributed by atoms with Crippen molar-refractivity contribution in [2.24, 2.45) is 5.92 Å². The summed E-state index contributed by atoms with van der Waals surface area (Å²) in [6.07, 6.45) is -0.572. The molecule has 0 spiro atoms. The molecule has 0 bridgehead atoms. The number of nitrogens with one attached hydrogen (secondary N) is 1. The summed E-state index contributed by atoms with van der Waals surface area (Å²) in [5.41, 5.74) is -0.711. The van der Waals surface area contributed by atoms with Crippen LogP contribution in [0.15, 0.2) is 18.3 Å². The van der Waals surface area contributed by atoms with Crippen LogP contribution in [0, 0.1) is 5.92 Å². The van der Waals surface area contributed by atoms with Crippen molar-refractivity contribution in [2.75, 3.05) is 11.9 Å². The average molecular weight is 302 g/mol. The van der Waals surface area contributed by atoms with Gasteiger partial charge in [-0.05, 0) is 37.3 Å². The summed E-state index contributed by atoms with van der Waals surface area (Å²) in [6.45, 7) is 4.80. The summed E-state index contributed by atoms with van der Waals surface area (Å²) in [5, 5.41) is 2.95. The Labute approximate surface area is 122 Å². The summed E-state index contributed by atoms with van der Waals surface area (Å²) >= 11 is 0. The van der Waals surface area contributed by atoms with E-state index in [4.69, 9.17) is 4.74 Å². The minimum absolute atomic E-state index is 0.0292. The summed E-state index contributed by atoms with van der Waals surface area (Å²) in [5.74, 6) is 0.425. The molecule has 6 heteroatoms. The number of aromatic nitrogens is 1. The lowest BCUT2D eigenvalue weighted by Crippen LogP contribution is -2.35. The van der Waals surface area contributed by atoms with E-state index in [0.29, 0.717) is 25.4 Å². The fraction of sp³-hybridized carbons (Fsp3) is 0.667. The van der Waals surface area contributed by atoms with Gasteiger partial charge in [0.15, 0.2) is 0 Å². The van der Waals surface area contributed by atoms with E-state index in [1.54, 1.807) is 0 Å². The van der Waals surface area contributed by atoms with E-state index in [1.165, 1.54) is 12.3 Å². The normalized spacial score (nSPS) is 23.3. The van der Waals surface area contributed by atoms with E-state index in [-0.39, 0.29) is 18.0 Å². The molecule has 0 amide bonds. The number of halogens is 3. The highest BCUT2D eigenvalue weighted by molar-refractivity contribution is 5.46. The average Bonchev–Trinajstić information content (AvgIpc) is 2.37. The molecule has 2 atom stereocenters. The number of ether oxygens (including phenoxy) is 1. The molecular formula is C15H21F3N2O. The van der Waals surface area contributed by atoms with Crippen molar-refractivity contribution >= 4 is 5.82 Å². The Morgan fingerprint density at radius 1 is 1.43 bits per heavy atom. The third-order valence-corrected chi connectivity index (χ3v) is 3.56. The summed E-state index contributed by atoms with van der Waals surface area (Å²) in [6, 6.07) is 2.33. The molecule has 1 aliphatic heterocycles. The van der Waals surface area contributed by atoms with Gasteiger partial charge in [-0.25, -0.2) is 4.98 Å². The Kier molecular flexibility index (Phi) is 5.08. The lowest BCUT2D eigenvalue weighted by Gasteiger charge is -2.31. The van der Waals surface area contributed by atoms with Crippen LogP contribution < -0.4 is 5.32 Å². The fourth-order valence-corrected chi connectivity index (χ4v) is 2.64. The van der Waals surface area contributed by atoms with E-state index in [2.05, 4.69) is 24.1 Å². The van der Waals surface area contributed by atoms with Gasteiger partial charge in [0.05, 0.1) is 11.7 Å². The second-order valence-corrected chi connectivity index (χ2v) is 5.89. The maximum absolute atomic E-state index is 12.9. The molecule has 0 aliphatic carbocycles. The van der Waals surface area contributed by atoms with Crippen molar-refractivity contribution in [1.82, 2.24) is 4.98 Å². The maximum Gasteiger partial charge on any atom is 0.419 e. The Balaban J connectivity index is 2.05. The van der Waals surface area contributed by atoms with Crippen molar-refractivity contribution in [1.29, 1.82) is 0 Å². The van der Waals surface area contributed by atoms with Crippen LogP contribution in [0.4, 0.5) is 19.0 Å². The molecule has 0 aromatic carbocycles. The standard InChI is InChI=1S/C15H21F3N2O/c1-10(2)8-12-9-11(5-7-21-12)20-14-13(15(16,17)18)4-3-6-19-14/h3-4,6,10-12H,5,7-9H2,1-2H3,(H,19,20). The largest absolute Gasteiger partial charge is 0.419 e. The minimum Gasteiger partial charge on any atom is -0.378 e. The van der Waals surface area contributed by atoms with Gasteiger partial charge in [0.2, 0.25) is 0 Å². The van der Waals surface area contributed by atoms with Gasteiger partial charge >= 0.3 is 6.18 Å². The first-order valence-electron chi connectivity index (χ1n) is 7.26. The number of hydrogen-bond acceptors (Lipinski definition) is 3. The first-order chi connectivity index (χ1) is 9.86. The molecule has 1 aromatic rings. The van der Waals surface area contributed by atoms with Crippen molar-refractivity contribution in [3.63, 3.8) is 0 Å². The number of pyridine rings is 1. The van der Waals surface area contributed by atoms with Crippen molar-refractivity contribution < 1.29 is 17.9 Å². The molecule has 2 heterocycles. The second kappa shape index (κ2) is 6.64. The van der Waals surface area contributed by atoms with Crippen LogP contribution in [0.3, 0.4) is 0 Å². The molecule has 3 nitrogen and oxygen atoms in total. The first kappa shape index (κ1) is 16.1. The molecule has 1 fully saturated rings. The molecule has 21 heavy (non-hydrogen) atoms. The zero-order valence-electron chi connectivity index (χ0n) is 12.3. The Bertz CT molecular complexity index is 462. The van der Waals surface area contributed by atoms with E-state index in [0.717, 1.165) is 12.5 Å². The Morgan fingerprint density at radius 2 is 2.19 bits per heavy atom. The van der Waals surface area contributed by atoms with Crippen molar-refractivity contribution in [3.05, 3.63) is 23.9 Å². The topological polar surface area (TPSA) is 34.2 Å². The van der Waals surface area contributed by atoms with E-state index < -0.39 is 11.7 Å². The van der Waals surface area contributed by atoms with Crippen LogP contribution in [0.5, 0.6) is 0 Å². The smallest absolute Gasteiger partial charge is 0.378 e. The molecule has 1 N–H and O–H groups in total. The molecule has 0 saturated carbocycles. The summed E-state index contributed by atoms with van der Waals surface area (Å²) in [7, 11) is 0. The molecule has 2 unspecified atom stereocenters. The number of nitrogens with zero attached hydrogens (tertiary/aromatic N) is 1. The molecule has 1 aromatic heterocycles. The summed E-state index contributed by atoms with van der Waals surface area (Å²) < 4.78 is 44.5. The van der Waals surface area contributed by atoms with Crippen LogP contribution in [0.25, 0.3) is 0 Å². The van der Waals surface area contributed by atoms with Crippen LogP contribution in [0.1, 0.15) is 38.7 Å². The highest BCUT2D eigenvalue weighted by atomic mass is 19.4. The monoisotopic (exact) mass is 302 g/mol. The van der Waals surface area contributed by atoms with E-state index >= 15 is 0 Å². The van der Waals surface area contributed by atoms with Crippen LogP contribution in [0.2, 0.25) is 0 Å². The number of alkyl halides is 3. The molecule has 118 valence electrons. The van der Waals surface area contributed by atoms with Crippen molar-refractivity contribution in [3.8, 4) is 0 Å². The SMILES string of the molecule is CC(C)CC1CC(Nc2ncccc2C(F)(F)F)CCO1. The van der Waals surface area contributed by atoms with Crippen LogP contribution in [-0.4, -0.2) is 23.7 Å².